The Morgan fingerprint density at radius 3 is 2.69 bits per heavy atom. The Labute approximate surface area is 78.5 Å². The topological polar surface area (TPSA) is 44.5 Å². The average molecular weight is 181 g/mol. The maximum atomic E-state index is 5.57. The van der Waals surface area contributed by atoms with Gasteiger partial charge in [-0.1, -0.05) is 12.1 Å². The summed E-state index contributed by atoms with van der Waals surface area (Å²) in [6, 6.07) is 5.71. The van der Waals surface area contributed by atoms with Crippen LogP contribution < -0.4 is 15.2 Å². The van der Waals surface area contributed by atoms with Gasteiger partial charge in [0, 0.05) is 12.1 Å². The van der Waals surface area contributed by atoms with Crippen molar-refractivity contribution in [1.29, 1.82) is 0 Å². The molecule has 1 aromatic rings. The zero-order valence-corrected chi connectivity index (χ0v) is 8.04. The quantitative estimate of drug-likeness (QED) is 0.766. The van der Waals surface area contributed by atoms with Gasteiger partial charge in [-0.05, 0) is 13.0 Å². The van der Waals surface area contributed by atoms with Crippen LogP contribution in [0.5, 0.6) is 11.5 Å². The number of rotatable bonds is 4. The Kier molecular flexibility index (Phi) is 3.58. The third-order valence-corrected chi connectivity index (χ3v) is 1.79. The van der Waals surface area contributed by atoms with Crippen molar-refractivity contribution in [3.63, 3.8) is 0 Å². The second-order valence-corrected chi connectivity index (χ2v) is 2.59. The van der Waals surface area contributed by atoms with E-state index in [0.29, 0.717) is 13.2 Å². The maximum Gasteiger partial charge on any atom is 0.165 e. The molecule has 0 bridgehead atoms. The molecule has 0 fully saturated rings. The summed E-state index contributed by atoms with van der Waals surface area (Å²) in [5.74, 6) is 1.50. The fourth-order valence-corrected chi connectivity index (χ4v) is 1.19. The van der Waals surface area contributed by atoms with Crippen LogP contribution in [0.4, 0.5) is 0 Å². The molecule has 1 aromatic carbocycles. The summed E-state index contributed by atoms with van der Waals surface area (Å²) >= 11 is 0. The van der Waals surface area contributed by atoms with Gasteiger partial charge in [-0.2, -0.15) is 0 Å². The zero-order chi connectivity index (χ0) is 9.68. The minimum atomic E-state index is 0.465. The van der Waals surface area contributed by atoms with Gasteiger partial charge in [0.2, 0.25) is 0 Å². The van der Waals surface area contributed by atoms with Crippen LogP contribution in [-0.4, -0.2) is 13.7 Å². The molecule has 0 aliphatic heterocycles. The number of hydrogen-bond acceptors (Lipinski definition) is 3. The SMILES string of the molecule is CCOc1c(CN)cccc1OC. The van der Waals surface area contributed by atoms with Crippen LogP contribution in [0.2, 0.25) is 0 Å². The van der Waals surface area contributed by atoms with Crippen LogP contribution in [0.3, 0.4) is 0 Å². The highest BCUT2D eigenvalue weighted by atomic mass is 16.5. The number of nitrogens with two attached hydrogens (primary N) is 1. The third-order valence-electron chi connectivity index (χ3n) is 1.79. The van der Waals surface area contributed by atoms with Gasteiger partial charge in [-0.15, -0.1) is 0 Å². The number of hydrogen-bond donors (Lipinski definition) is 1. The molecule has 2 N–H and O–H groups in total. The van der Waals surface area contributed by atoms with Crippen molar-refractivity contribution in [3.8, 4) is 11.5 Å². The smallest absolute Gasteiger partial charge is 0.165 e. The van der Waals surface area contributed by atoms with Crippen LogP contribution in [0.1, 0.15) is 12.5 Å². The minimum absolute atomic E-state index is 0.465. The lowest BCUT2D eigenvalue weighted by molar-refractivity contribution is 0.307. The summed E-state index contributed by atoms with van der Waals surface area (Å²) in [6.45, 7) is 3.02. The predicted octanol–water partition coefficient (Wildman–Crippen LogP) is 1.55. The predicted molar refractivity (Wildman–Crippen MR) is 52.1 cm³/mol. The summed E-state index contributed by atoms with van der Waals surface area (Å²) in [5.41, 5.74) is 6.54. The molecule has 1 rings (SSSR count). The van der Waals surface area contributed by atoms with Gasteiger partial charge in [0.25, 0.3) is 0 Å². The summed E-state index contributed by atoms with van der Waals surface area (Å²) in [7, 11) is 1.62. The second kappa shape index (κ2) is 4.72. The first-order chi connectivity index (χ1) is 6.33. The second-order valence-electron chi connectivity index (χ2n) is 2.59. The Morgan fingerprint density at radius 2 is 2.15 bits per heavy atom. The summed E-state index contributed by atoms with van der Waals surface area (Å²) < 4.78 is 10.6. The largest absolute Gasteiger partial charge is 0.493 e. The molecule has 0 saturated carbocycles. The zero-order valence-electron chi connectivity index (χ0n) is 8.04. The Balaban J connectivity index is 3.05. The molecule has 3 heteroatoms. The van der Waals surface area contributed by atoms with E-state index in [1.54, 1.807) is 7.11 Å². The first-order valence-electron chi connectivity index (χ1n) is 4.32. The molecule has 0 saturated heterocycles. The summed E-state index contributed by atoms with van der Waals surface area (Å²) in [4.78, 5) is 0. The van der Waals surface area contributed by atoms with Crippen LogP contribution >= 0.6 is 0 Å². The van der Waals surface area contributed by atoms with Gasteiger partial charge < -0.3 is 15.2 Å². The molecule has 0 spiro atoms. The van der Waals surface area contributed by atoms with E-state index >= 15 is 0 Å². The molecule has 3 nitrogen and oxygen atoms in total. The van der Waals surface area contributed by atoms with Crippen molar-refractivity contribution in [1.82, 2.24) is 0 Å². The van der Waals surface area contributed by atoms with E-state index in [1.807, 2.05) is 25.1 Å². The van der Waals surface area contributed by atoms with Crippen LogP contribution in [0.25, 0.3) is 0 Å². The highest BCUT2D eigenvalue weighted by Crippen LogP contribution is 2.30. The first-order valence-corrected chi connectivity index (χ1v) is 4.32. The Morgan fingerprint density at radius 1 is 1.38 bits per heavy atom. The molecule has 0 aliphatic rings. The van der Waals surface area contributed by atoms with Gasteiger partial charge in [0.1, 0.15) is 0 Å². The molecule has 0 aromatic heterocycles. The van der Waals surface area contributed by atoms with E-state index in [1.165, 1.54) is 0 Å². The number of benzene rings is 1. The molecule has 0 atom stereocenters. The van der Waals surface area contributed by atoms with Crippen molar-refractivity contribution < 1.29 is 9.47 Å². The summed E-state index contributed by atoms with van der Waals surface area (Å²) in [6.07, 6.45) is 0. The molecular formula is C10H15NO2. The Hall–Kier alpha value is -1.22. The molecule has 0 radical (unpaired) electrons. The molecule has 0 amide bonds. The lowest BCUT2D eigenvalue weighted by Gasteiger charge is -2.12. The lowest BCUT2D eigenvalue weighted by atomic mass is 10.2. The fourth-order valence-electron chi connectivity index (χ4n) is 1.19. The van der Waals surface area contributed by atoms with Crippen LogP contribution in [0, 0.1) is 0 Å². The normalized spacial score (nSPS) is 9.77. The van der Waals surface area contributed by atoms with E-state index < -0.39 is 0 Å². The fraction of sp³-hybridized carbons (Fsp3) is 0.400. The van der Waals surface area contributed by atoms with Crippen molar-refractivity contribution in [2.75, 3.05) is 13.7 Å². The van der Waals surface area contributed by atoms with Gasteiger partial charge in [0.05, 0.1) is 13.7 Å². The van der Waals surface area contributed by atoms with E-state index in [2.05, 4.69) is 0 Å². The highest BCUT2D eigenvalue weighted by molar-refractivity contribution is 5.46. The first kappa shape index (κ1) is 9.86. The standard InChI is InChI=1S/C10H15NO2/c1-3-13-10-8(7-11)5-4-6-9(10)12-2/h4-6H,3,7,11H2,1-2H3. The number of ether oxygens (including phenoxy) is 2. The van der Waals surface area contributed by atoms with Crippen molar-refractivity contribution >= 4 is 0 Å². The molecule has 72 valence electrons. The molecular weight excluding hydrogens is 166 g/mol. The van der Waals surface area contributed by atoms with Crippen molar-refractivity contribution in [2.24, 2.45) is 5.73 Å². The average Bonchev–Trinajstić information content (AvgIpc) is 2.18. The Bertz CT molecular complexity index is 251. The van der Waals surface area contributed by atoms with E-state index in [4.69, 9.17) is 15.2 Å². The van der Waals surface area contributed by atoms with E-state index in [9.17, 15) is 0 Å². The lowest BCUT2D eigenvalue weighted by Crippen LogP contribution is -2.03. The van der Waals surface area contributed by atoms with Gasteiger partial charge in [-0.3, -0.25) is 0 Å². The highest BCUT2D eigenvalue weighted by Gasteiger charge is 2.07. The minimum Gasteiger partial charge on any atom is -0.493 e. The third kappa shape index (κ3) is 2.12. The summed E-state index contributed by atoms with van der Waals surface area (Å²) in [5, 5.41) is 0. The van der Waals surface area contributed by atoms with E-state index in [-0.39, 0.29) is 0 Å². The van der Waals surface area contributed by atoms with Crippen molar-refractivity contribution in [2.45, 2.75) is 13.5 Å². The molecule has 0 unspecified atom stereocenters. The van der Waals surface area contributed by atoms with Gasteiger partial charge in [-0.25, -0.2) is 0 Å². The molecule has 0 aliphatic carbocycles. The number of methoxy groups -OCH3 is 1. The monoisotopic (exact) mass is 181 g/mol. The molecule has 0 heterocycles. The molecule has 13 heavy (non-hydrogen) atoms. The van der Waals surface area contributed by atoms with Crippen LogP contribution in [0.15, 0.2) is 18.2 Å². The van der Waals surface area contributed by atoms with Crippen LogP contribution in [-0.2, 0) is 6.54 Å². The maximum absolute atomic E-state index is 5.57. The van der Waals surface area contributed by atoms with Gasteiger partial charge in [0.15, 0.2) is 11.5 Å². The van der Waals surface area contributed by atoms with Crippen molar-refractivity contribution in [3.05, 3.63) is 23.8 Å². The number of para-hydroxylation sites is 1. The van der Waals surface area contributed by atoms with E-state index in [0.717, 1.165) is 17.1 Å². The van der Waals surface area contributed by atoms with Gasteiger partial charge >= 0.3 is 0 Å².